The lowest BCUT2D eigenvalue weighted by atomic mass is 9.81. The summed E-state index contributed by atoms with van der Waals surface area (Å²) in [7, 11) is 0. The van der Waals surface area contributed by atoms with Gasteiger partial charge in [-0.25, -0.2) is 0 Å². The van der Waals surface area contributed by atoms with Crippen molar-refractivity contribution in [1.29, 1.82) is 0 Å². The Balaban J connectivity index is 0.713. The first kappa shape index (κ1) is 54.1. The summed E-state index contributed by atoms with van der Waals surface area (Å²) in [6, 6.07) is 114. The largest absolute Gasteiger partial charge is 0.0757 e. The molecule has 0 atom stereocenters. The number of aryl methyl sites for hydroxylation is 1. The topological polar surface area (TPSA) is 0 Å². The Kier molecular flexibility index (Phi) is 11.1. The van der Waals surface area contributed by atoms with Gasteiger partial charge in [0.25, 0.3) is 0 Å². The minimum atomic E-state index is 0.990. The third-order valence-electron chi connectivity index (χ3n) is 23.0. The van der Waals surface area contributed by atoms with Crippen molar-refractivity contribution in [3.8, 4) is 156 Å². The first-order valence-corrected chi connectivity index (χ1v) is 34.8. The van der Waals surface area contributed by atoms with E-state index in [1.165, 1.54) is 242 Å². The van der Waals surface area contributed by atoms with E-state index in [2.05, 4.69) is 317 Å². The smallest absolute Gasteiger partial charge is 0.000741 e. The predicted molar refractivity (Wildman–Crippen MR) is 416 cm³/mol. The SMILES string of the molecule is Cc1c(-c2ccc3c4c(cccc24)-c2c-3c(-c3ccccc3)c3cc(-c4cc5c6c(ccc(C)c6c4)-c4cc(-c6ccc7c8c6=CCCC=8c6c-7c(-c7ccccc7)c7ccccc7c6-c6ccccc6)ccc4-5)ccc3c2-c2ccccc2)ccc2c1-c1cccc3cccc-2c13. The van der Waals surface area contributed by atoms with Gasteiger partial charge in [-0.05, 0) is 293 Å². The van der Waals surface area contributed by atoms with Crippen molar-refractivity contribution in [2.24, 2.45) is 0 Å². The first-order valence-electron chi connectivity index (χ1n) is 34.8. The van der Waals surface area contributed by atoms with Crippen LogP contribution >= 0.6 is 0 Å². The van der Waals surface area contributed by atoms with E-state index < -0.39 is 0 Å². The van der Waals surface area contributed by atoms with Crippen LogP contribution in [0.5, 0.6) is 0 Å². The Morgan fingerprint density at radius 2 is 0.694 bits per heavy atom. The van der Waals surface area contributed by atoms with Crippen molar-refractivity contribution in [2.75, 3.05) is 0 Å². The zero-order valence-corrected chi connectivity index (χ0v) is 54.3. The minimum Gasteiger partial charge on any atom is -0.0757 e. The highest BCUT2D eigenvalue weighted by molar-refractivity contribution is 6.30. The summed E-state index contributed by atoms with van der Waals surface area (Å²) >= 11 is 0. The molecular formula is C98H60. The van der Waals surface area contributed by atoms with Gasteiger partial charge in [0, 0.05) is 0 Å². The molecule has 0 aliphatic heterocycles. The summed E-state index contributed by atoms with van der Waals surface area (Å²) in [5, 5.41) is 15.8. The number of hydrogen-bond donors (Lipinski definition) is 0. The summed E-state index contributed by atoms with van der Waals surface area (Å²) in [5.74, 6) is 0. The van der Waals surface area contributed by atoms with Crippen LogP contribution in [0.25, 0.3) is 221 Å². The van der Waals surface area contributed by atoms with E-state index >= 15 is 0 Å². The van der Waals surface area contributed by atoms with Gasteiger partial charge in [0.05, 0.1) is 0 Å². The van der Waals surface area contributed by atoms with Gasteiger partial charge in [-0.3, -0.25) is 0 Å². The molecule has 0 unspecified atom stereocenters. The van der Waals surface area contributed by atoms with Gasteiger partial charge in [-0.15, -0.1) is 0 Å². The molecule has 0 saturated heterocycles. The fourth-order valence-corrected chi connectivity index (χ4v) is 19.0. The highest BCUT2D eigenvalue weighted by atomic mass is 14.4. The number of fused-ring (bicyclic) bond motifs is 14. The van der Waals surface area contributed by atoms with Crippen molar-refractivity contribution in [3.63, 3.8) is 0 Å². The zero-order valence-electron chi connectivity index (χ0n) is 54.3. The van der Waals surface area contributed by atoms with Gasteiger partial charge in [-0.1, -0.05) is 279 Å². The lowest BCUT2D eigenvalue weighted by Gasteiger charge is -2.21. The molecule has 0 amide bonds. The Bertz CT molecular complexity index is 6620. The van der Waals surface area contributed by atoms with Crippen molar-refractivity contribution in [1.82, 2.24) is 0 Å². The molecule has 452 valence electrons. The summed E-state index contributed by atoms with van der Waals surface area (Å²) in [6.07, 6.45) is 4.54. The third-order valence-corrected chi connectivity index (χ3v) is 23.0. The van der Waals surface area contributed by atoms with Crippen LogP contribution in [-0.4, -0.2) is 0 Å². The van der Waals surface area contributed by atoms with Crippen LogP contribution in [0.4, 0.5) is 0 Å². The Hall–Kier alpha value is -12.2. The molecule has 0 radical (unpaired) electrons. The number of benzene rings is 17. The maximum absolute atomic E-state index is 2.54. The maximum atomic E-state index is 2.54. The van der Waals surface area contributed by atoms with Crippen molar-refractivity contribution >= 4 is 65.5 Å². The van der Waals surface area contributed by atoms with Gasteiger partial charge >= 0.3 is 0 Å². The Labute approximate surface area is 568 Å². The highest BCUT2D eigenvalue weighted by Crippen LogP contribution is 2.61. The van der Waals surface area contributed by atoms with Crippen LogP contribution in [-0.2, 0) is 0 Å². The molecule has 5 aliphatic carbocycles. The van der Waals surface area contributed by atoms with Gasteiger partial charge in [0.1, 0.15) is 0 Å². The van der Waals surface area contributed by atoms with E-state index in [4.69, 9.17) is 0 Å². The van der Waals surface area contributed by atoms with Crippen LogP contribution in [0.3, 0.4) is 0 Å². The summed E-state index contributed by atoms with van der Waals surface area (Å²) in [4.78, 5) is 0. The molecule has 0 heterocycles. The molecule has 0 bridgehead atoms. The van der Waals surface area contributed by atoms with E-state index in [0.29, 0.717) is 0 Å². The van der Waals surface area contributed by atoms with Crippen LogP contribution in [0, 0.1) is 13.8 Å². The van der Waals surface area contributed by atoms with Crippen LogP contribution in [0.15, 0.2) is 297 Å². The van der Waals surface area contributed by atoms with E-state index in [-0.39, 0.29) is 0 Å². The predicted octanol–water partition coefficient (Wildman–Crippen LogP) is 25.4. The molecule has 0 fully saturated rings. The average molecular weight is 1240 g/mol. The van der Waals surface area contributed by atoms with E-state index in [0.717, 1.165) is 12.8 Å². The molecule has 0 heteroatoms. The molecule has 98 heavy (non-hydrogen) atoms. The quantitative estimate of drug-likeness (QED) is 0.149. The third kappa shape index (κ3) is 7.28. The Morgan fingerprint density at radius 1 is 0.224 bits per heavy atom. The van der Waals surface area contributed by atoms with E-state index in [1.54, 1.807) is 0 Å². The molecule has 0 saturated carbocycles. The van der Waals surface area contributed by atoms with Gasteiger partial charge in [-0.2, -0.15) is 0 Å². The van der Waals surface area contributed by atoms with Crippen LogP contribution in [0.2, 0.25) is 0 Å². The van der Waals surface area contributed by atoms with Gasteiger partial charge in [0.15, 0.2) is 0 Å². The number of rotatable bonds is 7. The standard InChI is InChI=1S/C98H60/c1-55-39-42-75-83-52-63(66-46-49-80-92-69(66)34-19-37-78(92)95-88(58-21-7-3-8-22-58)72-31-15-16-32-73(72)89(97(80)95)59-23-9-4-10-24-59)41-43-68(83)84-54-64(53-82(55)94(75)84)62-40-44-76-85(51-62)91(61-27-13-6-14-28-61)98-81-50-47-67(70-35-20-38-79(93(70)81)96(98)90(76)60-25-11-5-12-26-60)65-45-48-74-71-33-17-29-57-30-18-36-77(87(57)71)86(74)56(65)2/h3-18,20-36,38-54H,19,37H2,1-2H3. The van der Waals surface area contributed by atoms with E-state index in [9.17, 15) is 0 Å². The second-order valence-electron chi connectivity index (χ2n) is 27.8. The van der Waals surface area contributed by atoms with Crippen LogP contribution < -0.4 is 10.4 Å². The molecule has 17 aromatic carbocycles. The second kappa shape index (κ2) is 20.2. The second-order valence-corrected chi connectivity index (χ2v) is 27.8. The van der Waals surface area contributed by atoms with Crippen molar-refractivity contribution in [3.05, 3.63) is 324 Å². The van der Waals surface area contributed by atoms with Gasteiger partial charge < -0.3 is 0 Å². The molecule has 0 nitrogen and oxygen atoms in total. The first-order chi connectivity index (χ1) is 48.5. The molecule has 5 aliphatic rings. The molecule has 22 rings (SSSR count). The summed E-state index contributed by atoms with van der Waals surface area (Å²) in [5.41, 5.74) is 41.8. The lowest BCUT2D eigenvalue weighted by molar-refractivity contribution is 1.09. The van der Waals surface area contributed by atoms with Crippen molar-refractivity contribution in [2.45, 2.75) is 26.7 Å². The molecule has 0 N–H and O–H groups in total. The van der Waals surface area contributed by atoms with Crippen molar-refractivity contribution < 1.29 is 0 Å². The molecular weight excluding hydrogens is 1180 g/mol. The summed E-state index contributed by atoms with van der Waals surface area (Å²) < 4.78 is 0. The van der Waals surface area contributed by atoms with E-state index in [1.807, 2.05) is 0 Å². The fraction of sp³-hybridized carbons (Fsp3) is 0.0408. The van der Waals surface area contributed by atoms with Gasteiger partial charge in [0.2, 0.25) is 0 Å². The Morgan fingerprint density at radius 3 is 1.39 bits per heavy atom. The zero-order chi connectivity index (χ0) is 64.2. The summed E-state index contributed by atoms with van der Waals surface area (Å²) in [6.45, 7) is 4.65. The van der Waals surface area contributed by atoms with Crippen LogP contribution in [0.1, 0.15) is 29.5 Å². The maximum Gasteiger partial charge on any atom is -0.000741 e. The fourth-order valence-electron chi connectivity index (χ4n) is 19.0. The average Bonchev–Trinajstić information content (AvgIpc) is 1.53. The minimum absolute atomic E-state index is 0.990. The highest BCUT2D eigenvalue weighted by Gasteiger charge is 2.35. The molecule has 17 aromatic rings. The lowest BCUT2D eigenvalue weighted by Crippen LogP contribution is -2.31. The normalized spacial score (nSPS) is 13.0. The molecule has 0 spiro atoms. The monoisotopic (exact) mass is 1240 g/mol. The number of hydrogen-bond acceptors (Lipinski definition) is 0. The molecule has 0 aromatic heterocycles.